The summed E-state index contributed by atoms with van der Waals surface area (Å²) < 4.78 is 6.79. The van der Waals surface area contributed by atoms with Crippen LogP contribution in [0.5, 0.6) is 0 Å². The Hall–Kier alpha value is -2.08. The summed E-state index contributed by atoms with van der Waals surface area (Å²) in [7, 11) is 0. The van der Waals surface area contributed by atoms with E-state index >= 15 is 0 Å². The average Bonchev–Trinajstić information content (AvgIpc) is 2.96. The number of carbonyl (C=O) groups is 1. The van der Waals surface area contributed by atoms with Gasteiger partial charge < -0.3 is 14.4 Å². The Morgan fingerprint density at radius 1 is 1.33 bits per heavy atom. The lowest BCUT2D eigenvalue weighted by Gasteiger charge is -2.15. The third-order valence-electron chi connectivity index (χ3n) is 4.22. The number of likely N-dealkylation sites (tertiary alicyclic amines) is 1. The molecule has 21 heavy (non-hydrogen) atoms. The van der Waals surface area contributed by atoms with Crippen molar-refractivity contribution in [2.45, 2.75) is 13.5 Å². The van der Waals surface area contributed by atoms with E-state index in [4.69, 9.17) is 9.52 Å². The molecule has 6 heteroatoms. The highest BCUT2D eigenvalue weighted by Gasteiger charge is 2.34. The standard InChI is InChI=1S/C15H18N2O4/c1-10-8-16(9-11(10)14(18)19)6-7-17-12-4-2-3-5-13(12)21-15(17)20/h2-5,10-11H,6-9H2,1H3,(H,18,19). The van der Waals surface area contributed by atoms with E-state index in [1.54, 1.807) is 10.6 Å². The number of hydrogen-bond acceptors (Lipinski definition) is 4. The molecular weight excluding hydrogens is 272 g/mol. The molecule has 3 rings (SSSR count). The minimum Gasteiger partial charge on any atom is -0.481 e. The van der Waals surface area contributed by atoms with Crippen LogP contribution in [0.25, 0.3) is 11.1 Å². The Bertz CT molecular complexity index is 718. The summed E-state index contributed by atoms with van der Waals surface area (Å²) in [6.45, 7) is 4.41. The maximum atomic E-state index is 11.9. The van der Waals surface area contributed by atoms with Crippen LogP contribution in [0.1, 0.15) is 6.92 Å². The molecule has 2 heterocycles. The minimum atomic E-state index is -0.740. The Labute approximate surface area is 121 Å². The van der Waals surface area contributed by atoms with Gasteiger partial charge in [0.2, 0.25) is 0 Å². The van der Waals surface area contributed by atoms with Crippen molar-refractivity contribution < 1.29 is 14.3 Å². The van der Waals surface area contributed by atoms with Crippen LogP contribution < -0.4 is 5.76 Å². The molecule has 1 aliphatic heterocycles. The van der Waals surface area contributed by atoms with Crippen LogP contribution >= 0.6 is 0 Å². The highest BCUT2D eigenvalue weighted by molar-refractivity contribution is 5.72. The van der Waals surface area contributed by atoms with Gasteiger partial charge in [-0.2, -0.15) is 0 Å². The molecule has 0 radical (unpaired) electrons. The largest absolute Gasteiger partial charge is 0.481 e. The molecule has 0 aliphatic carbocycles. The number of fused-ring (bicyclic) bond motifs is 1. The zero-order valence-electron chi connectivity index (χ0n) is 11.9. The Morgan fingerprint density at radius 2 is 2.10 bits per heavy atom. The molecule has 1 aliphatic rings. The van der Waals surface area contributed by atoms with Crippen molar-refractivity contribution in [2.24, 2.45) is 11.8 Å². The van der Waals surface area contributed by atoms with E-state index in [0.29, 0.717) is 25.2 Å². The third kappa shape index (κ3) is 2.58. The summed E-state index contributed by atoms with van der Waals surface area (Å²) in [5.41, 5.74) is 1.37. The Kier molecular flexibility index (Phi) is 3.55. The number of para-hydroxylation sites is 2. The van der Waals surface area contributed by atoms with Crippen molar-refractivity contribution >= 4 is 17.1 Å². The molecule has 0 saturated carbocycles. The van der Waals surface area contributed by atoms with Crippen LogP contribution in [0.15, 0.2) is 33.5 Å². The fourth-order valence-electron chi connectivity index (χ4n) is 3.04. The van der Waals surface area contributed by atoms with Crippen molar-refractivity contribution in [1.82, 2.24) is 9.47 Å². The van der Waals surface area contributed by atoms with Crippen molar-refractivity contribution in [3.63, 3.8) is 0 Å². The number of aromatic nitrogens is 1. The van der Waals surface area contributed by atoms with Crippen LogP contribution in [-0.4, -0.2) is 40.2 Å². The van der Waals surface area contributed by atoms with E-state index in [1.165, 1.54) is 0 Å². The van der Waals surface area contributed by atoms with Crippen LogP contribution in [0.2, 0.25) is 0 Å². The number of carboxylic acid groups (broad SMARTS) is 1. The van der Waals surface area contributed by atoms with Gasteiger partial charge in [0.05, 0.1) is 11.4 Å². The number of benzene rings is 1. The molecule has 0 bridgehead atoms. The molecular formula is C15H18N2O4. The SMILES string of the molecule is CC1CN(CCn2c(=O)oc3ccccc32)CC1C(=O)O. The first-order valence-electron chi connectivity index (χ1n) is 7.10. The molecule has 2 unspecified atom stereocenters. The molecule has 1 fully saturated rings. The minimum absolute atomic E-state index is 0.139. The normalized spacial score (nSPS) is 22.9. The van der Waals surface area contributed by atoms with Gasteiger partial charge in [0.15, 0.2) is 5.58 Å². The number of nitrogens with zero attached hydrogens (tertiary/aromatic N) is 2. The fraction of sp³-hybridized carbons (Fsp3) is 0.467. The molecule has 6 nitrogen and oxygen atoms in total. The van der Waals surface area contributed by atoms with E-state index < -0.39 is 5.97 Å². The van der Waals surface area contributed by atoms with Gasteiger partial charge in [0.1, 0.15) is 0 Å². The average molecular weight is 290 g/mol. The van der Waals surface area contributed by atoms with Gasteiger partial charge in [-0.3, -0.25) is 9.36 Å². The molecule has 112 valence electrons. The van der Waals surface area contributed by atoms with Crippen LogP contribution in [-0.2, 0) is 11.3 Å². The van der Waals surface area contributed by atoms with Crippen molar-refractivity contribution in [1.29, 1.82) is 0 Å². The first-order valence-corrected chi connectivity index (χ1v) is 7.10. The van der Waals surface area contributed by atoms with Crippen LogP contribution in [0, 0.1) is 11.8 Å². The molecule has 0 spiro atoms. The molecule has 2 atom stereocenters. The van der Waals surface area contributed by atoms with E-state index in [2.05, 4.69) is 4.90 Å². The van der Waals surface area contributed by atoms with Gasteiger partial charge in [-0.1, -0.05) is 19.1 Å². The summed E-state index contributed by atoms with van der Waals surface area (Å²) in [5, 5.41) is 9.14. The summed E-state index contributed by atoms with van der Waals surface area (Å²) in [6, 6.07) is 7.32. The van der Waals surface area contributed by atoms with Crippen molar-refractivity contribution in [3.05, 3.63) is 34.8 Å². The number of carboxylic acids is 1. The van der Waals surface area contributed by atoms with Crippen LogP contribution in [0.3, 0.4) is 0 Å². The lowest BCUT2D eigenvalue weighted by Crippen LogP contribution is -2.29. The highest BCUT2D eigenvalue weighted by Crippen LogP contribution is 2.23. The van der Waals surface area contributed by atoms with E-state index in [0.717, 1.165) is 12.1 Å². The Morgan fingerprint density at radius 3 is 2.81 bits per heavy atom. The Balaban J connectivity index is 1.72. The van der Waals surface area contributed by atoms with Gasteiger partial charge in [-0.15, -0.1) is 0 Å². The molecule has 1 aromatic carbocycles. The smallest absolute Gasteiger partial charge is 0.419 e. The zero-order valence-corrected chi connectivity index (χ0v) is 11.9. The van der Waals surface area contributed by atoms with Gasteiger partial charge in [0.25, 0.3) is 0 Å². The second-order valence-electron chi connectivity index (χ2n) is 5.67. The lowest BCUT2D eigenvalue weighted by atomic mass is 9.99. The molecule has 1 saturated heterocycles. The molecule has 0 amide bonds. The summed E-state index contributed by atoms with van der Waals surface area (Å²) >= 11 is 0. The van der Waals surface area contributed by atoms with Gasteiger partial charge >= 0.3 is 11.7 Å². The molecule has 1 N–H and O–H groups in total. The number of oxazole rings is 1. The van der Waals surface area contributed by atoms with Gasteiger partial charge in [-0.05, 0) is 18.1 Å². The van der Waals surface area contributed by atoms with E-state index in [-0.39, 0.29) is 17.6 Å². The second-order valence-corrected chi connectivity index (χ2v) is 5.67. The molecule has 1 aromatic heterocycles. The van der Waals surface area contributed by atoms with Crippen molar-refractivity contribution in [2.75, 3.05) is 19.6 Å². The zero-order chi connectivity index (χ0) is 15.0. The van der Waals surface area contributed by atoms with Gasteiger partial charge in [-0.25, -0.2) is 4.79 Å². The van der Waals surface area contributed by atoms with Crippen molar-refractivity contribution in [3.8, 4) is 0 Å². The monoisotopic (exact) mass is 290 g/mol. The predicted molar refractivity (Wildman–Crippen MR) is 77.2 cm³/mol. The highest BCUT2D eigenvalue weighted by atomic mass is 16.4. The number of rotatable bonds is 4. The third-order valence-corrected chi connectivity index (χ3v) is 4.22. The first-order chi connectivity index (χ1) is 10.1. The second kappa shape index (κ2) is 5.37. The fourth-order valence-corrected chi connectivity index (χ4v) is 3.04. The summed E-state index contributed by atoms with van der Waals surface area (Å²) in [4.78, 5) is 25.1. The summed E-state index contributed by atoms with van der Waals surface area (Å²) in [5.74, 6) is -1.28. The topological polar surface area (TPSA) is 75.7 Å². The predicted octanol–water partition coefficient (Wildman–Crippen LogP) is 1.25. The quantitative estimate of drug-likeness (QED) is 0.917. The van der Waals surface area contributed by atoms with Crippen LogP contribution in [0.4, 0.5) is 0 Å². The number of hydrogen-bond donors (Lipinski definition) is 1. The maximum Gasteiger partial charge on any atom is 0.419 e. The summed E-state index contributed by atoms with van der Waals surface area (Å²) in [6.07, 6.45) is 0. The first kappa shape index (κ1) is 13.9. The van der Waals surface area contributed by atoms with E-state index in [9.17, 15) is 9.59 Å². The molecule has 2 aromatic rings. The number of aliphatic carboxylic acids is 1. The van der Waals surface area contributed by atoms with Gasteiger partial charge in [0, 0.05) is 26.2 Å². The lowest BCUT2D eigenvalue weighted by molar-refractivity contribution is -0.142. The van der Waals surface area contributed by atoms with E-state index in [1.807, 2.05) is 25.1 Å². The maximum absolute atomic E-state index is 11.9.